The summed E-state index contributed by atoms with van der Waals surface area (Å²) in [5.74, 6) is 0.789. The summed E-state index contributed by atoms with van der Waals surface area (Å²) in [6.07, 6.45) is 0. The van der Waals surface area contributed by atoms with Crippen molar-refractivity contribution in [2.45, 2.75) is 13.0 Å². The molecule has 24 heavy (non-hydrogen) atoms. The number of aryl methyl sites for hydroxylation is 1. The fraction of sp³-hybridized carbons (Fsp3) is 0.222. The van der Waals surface area contributed by atoms with Crippen LogP contribution in [-0.2, 0) is 4.79 Å². The van der Waals surface area contributed by atoms with E-state index in [-0.39, 0.29) is 11.8 Å². The Bertz CT molecular complexity index is 747. The van der Waals surface area contributed by atoms with Gasteiger partial charge < -0.3 is 10.2 Å². The van der Waals surface area contributed by atoms with Crippen LogP contribution in [0.4, 0.5) is 5.69 Å². The standard InChI is InChI=1S/C18H17ClN2O2S/c1-12-2-8-15(9-3-12)20-17(22)16-10-24-11-21(16)18(23)13-4-6-14(19)7-5-13/h2-9,16H,10-11H2,1H3,(H,20,22). The molecule has 4 nitrogen and oxygen atoms in total. The second-order valence-corrected chi connectivity index (χ2v) is 7.09. The molecule has 1 heterocycles. The second-order valence-electron chi connectivity index (χ2n) is 5.65. The highest BCUT2D eigenvalue weighted by Gasteiger charge is 2.35. The van der Waals surface area contributed by atoms with E-state index in [2.05, 4.69) is 5.32 Å². The van der Waals surface area contributed by atoms with Gasteiger partial charge in [-0.2, -0.15) is 0 Å². The van der Waals surface area contributed by atoms with Crippen molar-refractivity contribution in [2.75, 3.05) is 16.9 Å². The third kappa shape index (κ3) is 3.74. The lowest BCUT2D eigenvalue weighted by atomic mass is 10.1. The first-order chi connectivity index (χ1) is 11.5. The third-order valence-electron chi connectivity index (χ3n) is 3.86. The summed E-state index contributed by atoms with van der Waals surface area (Å²) in [5.41, 5.74) is 2.40. The maximum absolute atomic E-state index is 12.7. The average Bonchev–Trinajstić information content (AvgIpc) is 3.07. The van der Waals surface area contributed by atoms with Crippen molar-refractivity contribution in [3.63, 3.8) is 0 Å². The summed E-state index contributed by atoms with van der Waals surface area (Å²) in [5, 5.41) is 3.47. The molecule has 0 aromatic heterocycles. The van der Waals surface area contributed by atoms with Gasteiger partial charge in [-0.1, -0.05) is 29.3 Å². The Balaban J connectivity index is 1.72. The molecule has 3 rings (SSSR count). The lowest BCUT2D eigenvalue weighted by Gasteiger charge is -2.23. The van der Waals surface area contributed by atoms with Gasteiger partial charge in [-0.3, -0.25) is 9.59 Å². The van der Waals surface area contributed by atoms with Crippen LogP contribution in [0.2, 0.25) is 5.02 Å². The fourth-order valence-corrected chi connectivity index (χ4v) is 3.76. The Hall–Kier alpha value is -1.98. The molecule has 2 amide bonds. The Labute approximate surface area is 150 Å². The molecular weight excluding hydrogens is 344 g/mol. The Kier molecular flexibility index (Phi) is 5.11. The van der Waals surface area contributed by atoms with E-state index < -0.39 is 6.04 Å². The van der Waals surface area contributed by atoms with E-state index in [9.17, 15) is 9.59 Å². The first-order valence-electron chi connectivity index (χ1n) is 7.56. The average molecular weight is 361 g/mol. The van der Waals surface area contributed by atoms with Gasteiger partial charge in [0.2, 0.25) is 5.91 Å². The van der Waals surface area contributed by atoms with Crippen LogP contribution in [0, 0.1) is 6.92 Å². The van der Waals surface area contributed by atoms with Gasteiger partial charge in [-0.25, -0.2) is 0 Å². The number of amides is 2. The molecule has 124 valence electrons. The van der Waals surface area contributed by atoms with Gasteiger partial charge in [0, 0.05) is 22.0 Å². The molecule has 1 unspecified atom stereocenters. The highest BCUT2D eigenvalue weighted by Crippen LogP contribution is 2.25. The molecule has 0 spiro atoms. The maximum atomic E-state index is 12.7. The highest BCUT2D eigenvalue weighted by atomic mass is 35.5. The van der Waals surface area contributed by atoms with Crippen molar-refractivity contribution in [1.82, 2.24) is 4.90 Å². The van der Waals surface area contributed by atoms with Crippen molar-refractivity contribution in [3.8, 4) is 0 Å². The van der Waals surface area contributed by atoms with Crippen LogP contribution in [0.25, 0.3) is 0 Å². The van der Waals surface area contributed by atoms with E-state index in [1.165, 1.54) is 0 Å². The molecule has 1 aliphatic heterocycles. The summed E-state index contributed by atoms with van der Waals surface area (Å²) in [7, 11) is 0. The van der Waals surface area contributed by atoms with Crippen molar-refractivity contribution in [1.29, 1.82) is 0 Å². The van der Waals surface area contributed by atoms with Crippen molar-refractivity contribution >= 4 is 40.9 Å². The van der Waals surface area contributed by atoms with Crippen molar-refractivity contribution < 1.29 is 9.59 Å². The third-order valence-corrected chi connectivity index (χ3v) is 5.12. The lowest BCUT2D eigenvalue weighted by Crippen LogP contribution is -2.44. The normalized spacial score (nSPS) is 16.9. The molecule has 1 N–H and O–H groups in total. The molecule has 2 aromatic carbocycles. The van der Waals surface area contributed by atoms with E-state index in [0.717, 1.165) is 11.3 Å². The molecule has 6 heteroatoms. The second kappa shape index (κ2) is 7.28. The van der Waals surface area contributed by atoms with Gasteiger partial charge in [0.25, 0.3) is 5.91 Å². The fourth-order valence-electron chi connectivity index (χ4n) is 2.48. The SMILES string of the molecule is Cc1ccc(NC(=O)C2CSCN2C(=O)c2ccc(Cl)cc2)cc1. The number of rotatable bonds is 3. The number of carbonyl (C=O) groups excluding carboxylic acids is 2. The van der Waals surface area contributed by atoms with Crippen LogP contribution >= 0.6 is 23.4 Å². The molecule has 0 radical (unpaired) electrons. The number of thioether (sulfide) groups is 1. The number of nitrogens with zero attached hydrogens (tertiary/aromatic N) is 1. The predicted molar refractivity (Wildman–Crippen MR) is 98.5 cm³/mol. The minimum Gasteiger partial charge on any atom is -0.324 e. The molecule has 0 saturated carbocycles. The Morgan fingerprint density at radius 1 is 1.12 bits per heavy atom. The van der Waals surface area contributed by atoms with Gasteiger partial charge in [0.1, 0.15) is 6.04 Å². The number of hydrogen-bond acceptors (Lipinski definition) is 3. The number of nitrogens with one attached hydrogen (secondary N) is 1. The molecular formula is C18H17ClN2O2S. The molecule has 2 aromatic rings. The predicted octanol–water partition coefficient (Wildman–Crippen LogP) is 3.80. The minimum absolute atomic E-state index is 0.152. The number of hydrogen-bond donors (Lipinski definition) is 1. The van der Waals surface area contributed by atoms with Crippen molar-refractivity contribution in [2.24, 2.45) is 0 Å². The lowest BCUT2D eigenvalue weighted by molar-refractivity contribution is -0.119. The largest absolute Gasteiger partial charge is 0.324 e. The van der Waals surface area contributed by atoms with Crippen LogP contribution in [-0.4, -0.2) is 34.4 Å². The number of anilines is 1. The van der Waals surface area contributed by atoms with Crippen LogP contribution < -0.4 is 5.32 Å². The van der Waals surface area contributed by atoms with Crippen LogP contribution in [0.3, 0.4) is 0 Å². The number of benzene rings is 2. The van der Waals surface area contributed by atoms with E-state index in [1.807, 2.05) is 31.2 Å². The van der Waals surface area contributed by atoms with E-state index >= 15 is 0 Å². The zero-order chi connectivity index (χ0) is 17.1. The maximum Gasteiger partial charge on any atom is 0.255 e. The Morgan fingerprint density at radius 2 is 1.79 bits per heavy atom. The van der Waals surface area contributed by atoms with Gasteiger partial charge in [0.05, 0.1) is 5.88 Å². The molecule has 1 aliphatic rings. The number of halogens is 1. The summed E-state index contributed by atoms with van der Waals surface area (Å²) in [4.78, 5) is 26.8. The zero-order valence-corrected chi connectivity index (χ0v) is 14.7. The summed E-state index contributed by atoms with van der Waals surface area (Å²) in [6.45, 7) is 1.99. The van der Waals surface area contributed by atoms with Gasteiger partial charge in [0.15, 0.2) is 0 Å². The molecule has 1 fully saturated rings. The van der Waals surface area contributed by atoms with E-state index in [0.29, 0.717) is 22.2 Å². The first kappa shape index (κ1) is 16.9. The van der Waals surface area contributed by atoms with Crippen LogP contribution in [0.5, 0.6) is 0 Å². The van der Waals surface area contributed by atoms with E-state index in [1.54, 1.807) is 40.9 Å². The quantitative estimate of drug-likeness (QED) is 0.905. The Morgan fingerprint density at radius 3 is 2.46 bits per heavy atom. The first-order valence-corrected chi connectivity index (χ1v) is 9.09. The van der Waals surface area contributed by atoms with Gasteiger partial charge in [-0.05, 0) is 43.3 Å². The highest BCUT2D eigenvalue weighted by molar-refractivity contribution is 7.99. The molecule has 0 aliphatic carbocycles. The smallest absolute Gasteiger partial charge is 0.255 e. The summed E-state index contributed by atoms with van der Waals surface area (Å²) >= 11 is 7.44. The zero-order valence-electron chi connectivity index (χ0n) is 13.2. The summed E-state index contributed by atoms with van der Waals surface area (Å²) < 4.78 is 0. The molecule has 1 atom stereocenters. The minimum atomic E-state index is -0.473. The molecule has 0 bridgehead atoms. The van der Waals surface area contributed by atoms with Crippen LogP contribution in [0.15, 0.2) is 48.5 Å². The topological polar surface area (TPSA) is 49.4 Å². The summed E-state index contributed by atoms with van der Waals surface area (Å²) in [6, 6.07) is 13.9. The van der Waals surface area contributed by atoms with Crippen molar-refractivity contribution in [3.05, 3.63) is 64.7 Å². The van der Waals surface area contributed by atoms with Crippen LogP contribution in [0.1, 0.15) is 15.9 Å². The van der Waals surface area contributed by atoms with E-state index in [4.69, 9.17) is 11.6 Å². The monoisotopic (exact) mass is 360 g/mol. The van der Waals surface area contributed by atoms with Gasteiger partial charge >= 0.3 is 0 Å². The van der Waals surface area contributed by atoms with Gasteiger partial charge in [-0.15, -0.1) is 11.8 Å². The molecule has 1 saturated heterocycles. The number of carbonyl (C=O) groups is 2.